The first-order valence-corrected chi connectivity index (χ1v) is 19.6. The summed E-state index contributed by atoms with van der Waals surface area (Å²) in [6, 6.07) is 27.2. The third-order valence-corrected chi connectivity index (χ3v) is 10.9. The lowest BCUT2D eigenvalue weighted by molar-refractivity contribution is -0.126. The number of aromatic nitrogens is 4. The molecule has 1 saturated heterocycles. The van der Waals surface area contributed by atoms with Gasteiger partial charge in [0.2, 0.25) is 5.91 Å². The van der Waals surface area contributed by atoms with Gasteiger partial charge in [-0.15, -0.1) is 5.10 Å². The van der Waals surface area contributed by atoms with E-state index < -0.39 is 39.5 Å². The largest absolute Gasteiger partial charge is 0.444 e. The molecule has 12 heteroatoms. The molecule has 3 heterocycles. The van der Waals surface area contributed by atoms with Crippen molar-refractivity contribution in [3.05, 3.63) is 125 Å². The van der Waals surface area contributed by atoms with E-state index in [2.05, 4.69) is 44.5 Å². The molecule has 4 aromatic carbocycles. The van der Waals surface area contributed by atoms with Gasteiger partial charge in [0.1, 0.15) is 17.3 Å². The van der Waals surface area contributed by atoms with Crippen LogP contribution in [-0.4, -0.2) is 69.3 Å². The summed E-state index contributed by atoms with van der Waals surface area (Å²) >= 11 is 0. The summed E-state index contributed by atoms with van der Waals surface area (Å²) in [4.78, 5) is 29.8. The Hall–Kier alpha value is -5.49. The number of amides is 2. The SMILES string of the molecule is Cc1ccc(C(NC(=O)[C@H]2CC(n3cc(Cn4c5ccccc5c5ccccc54)nn3)CN2C(=O)OC(C)(C)C)c2cccc(S(C)(=O)=O)c2)c(C)c1. The number of rotatable bonds is 8. The highest BCUT2D eigenvalue weighted by atomic mass is 32.2. The van der Waals surface area contributed by atoms with E-state index in [4.69, 9.17) is 4.74 Å². The van der Waals surface area contributed by atoms with Crippen molar-refractivity contribution in [2.45, 2.75) is 76.2 Å². The van der Waals surface area contributed by atoms with Crippen LogP contribution in [0.15, 0.2) is 102 Å². The summed E-state index contributed by atoms with van der Waals surface area (Å²) in [5, 5.41) is 14.5. The fourth-order valence-electron chi connectivity index (χ4n) is 7.33. The van der Waals surface area contributed by atoms with Gasteiger partial charge in [0.05, 0.1) is 29.7 Å². The van der Waals surface area contributed by atoms with E-state index in [1.807, 2.05) is 62.5 Å². The molecule has 1 aliphatic rings. The maximum Gasteiger partial charge on any atom is 0.411 e. The molecule has 53 heavy (non-hydrogen) atoms. The Kier molecular flexibility index (Phi) is 9.35. The summed E-state index contributed by atoms with van der Waals surface area (Å²) < 4.78 is 34.8. The molecule has 274 valence electrons. The van der Waals surface area contributed by atoms with Crippen LogP contribution in [-0.2, 0) is 25.9 Å². The molecule has 0 spiro atoms. The molecule has 6 aromatic rings. The molecule has 0 aliphatic carbocycles. The molecule has 1 fully saturated rings. The van der Waals surface area contributed by atoms with Crippen molar-refractivity contribution in [3.8, 4) is 0 Å². The Labute approximate surface area is 309 Å². The molecule has 7 rings (SSSR count). The Morgan fingerprint density at radius 2 is 1.60 bits per heavy atom. The Morgan fingerprint density at radius 3 is 2.25 bits per heavy atom. The van der Waals surface area contributed by atoms with Crippen LogP contribution in [0.25, 0.3) is 21.8 Å². The minimum Gasteiger partial charge on any atom is -0.444 e. The van der Waals surface area contributed by atoms with Gasteiger partial charge < -0.3 is 14.6 Å². The van der Waals surface area contributed by atoms with Crippen molar-refractivity contribution in [3.63, 3.8) is 0 Å². The van der Waals surface area contributed by atoms with E-state index in [1.165, 1.54) is 4.90 Å². The maximum atomic E-state index is 14.5. The van der Waals surface area contributed by atoms with E-state index in [0.29, 0.717) is 12.1 Å². The van der Waals surface area contributed by atoms with Crippen molar-refractivity contribution in [2.24, 2.45) is 0 Å². The highest BCUT2D eigenvalue weighted by molar-refractivity contribution is 7.90. The number of sulfone groups is 1. The lowest BCUT2D eigenvalue weighted by Crippen LogP contribution is -2.48. The fraction of sp³-hybridized carbons (Fsp3) is 0.317. The second kappa shape index (κ2) is 13.8. The Bertz CT molecular complexity index is 2410. The lowest BCUT2D eigenvalue weighted by atomic mass is 9.93. The van der Waals surface area contributed by atoms with E-state index in [1.54, 1.807) is 49.7 Å². The lowest BCUT2D eigenvalue weighted by Gasteiger charge is -2.29. The summed E-state index contributed by atoms with van der Waals surface area (Å²) in [6.45, 7) is 9.99. The van der Waals surface area contributed by atoms with Gasteiger partial charge in [0.25, 0.3) is 0 Å². The highest BCUT2D eigenvalue weighted by Crippen LogP contribution is 2.33. The molecule has 11 nitrogen and oxygen atoms in total. The number of hydrogen-bond acceptors (Lipinski definition) is 7. The van der Waals surface area contributed by atoms with Crippen molar-refractivity contribution in [1.29, 1.82) is 0 Å². The fourth-order valence-corrected chi connectivity index (χ4v) is 8.01. The molecule has 3 atom stereocenters. The molecule has 1 N–H and O–H groups in total. The number of hydrogen-bond donors (Lipinski definition) is 1. The standard InChI is InChI=1S/C41H44N6O5S/c1-26-18-19-32(27(2)20-26)38(28-12-11-13-31(21-28)53(6,50)51)42-39(48)37-22-30(25-46(37)40(49)52-41(3,4)5)47-24-29(43-44-47)23-45-35-16-9-7-14-33(35)34-15-8-10-17-36(34)45/h7-21,24,30,37-38H,22-23,25H2,1-6H3,(H,42,48)/t30?,37-,38?/m1/s1. The van der Waals surface area contributed by atoms with E-state index in [-0.39, 0.29) is 23.9 Å². The predicted molar refractivity (Wildman–Crippen MR) is 204 cm³/mol. The van der Waals surface area contributed by atoms with E-state index in [9.17, 15) is 18.0 Å². The molecular weight excluding hydrogens is 689 g/mol. The average molecular weight is 733 g/mol. The third-order valence-electron chi connectivity index (χ3n) is 9.78. The van der Waals surface area contributed by atoms with Gasteiger partial charge in [0.15, 0.2) is 9.84 Å². The van der Waals surface area contributed by atoms with Gasteiger partial charge in [-0.1, -0.05) is 77.5 Å². The highest BCUT2D eigenvalue weighted by Gasteiger charge is 2.43. The van der Waals surface area contributed by atoms with E-state index in [0.717, 1.165) is 50.4 Å². The van der Waals surface area contributed by atoms with Crippen LogP contribution in [0.2, 0.25) is 0 Å². The van der Waals surface area contributed by atoms with Gasteiger partial charge in [-0.25, -0.2) is 17.9 Å². The average Bonchev–Trinajstić information content (AvgIpc) is 3.84. The van der Waals surface area contributed by atoms with Crippen molar-refractivity contribution < 1.29 is 22.7 Å². The number of nitrogens with one attached hydrogen (secondary N) is 1. The number of nitrogens with zero attached hydrogens (tertiary/aromatic N) is 5. The number of carbonyl (C=O) groups is 2. The molecule has 2 aromatic heterocycles. The van der Waals surface area contributed by atoms with Crippen molar-refractivity contribution in [2.75, 3.05) is 12.8 Å². The zero-order chi connectivity index (χ0) is 37.7. The van der Waals surface area contributed by atoms with Gasteiger partial charge in [0, 0.05) is 41.0 Å². The normalized spacial score (nSPS) is 17.0. The number of carbonyl (C=O) groups excluding carboxylic acids is 2. The van der Waals surface area contributed by atoms with Crippen LogP contribution in [0.4, 0.5) is 4.79 Å². The van der Waals surface area contributed by atoms with Crippen LogP contribution < -0.4 is 5.32 Å². The minimum absolute atomic E-state index is 0.151. The first-order valence-electron chi connectivity index (χ1n) is 17.7. The summed E-state index contributed by atoms with van der Waals surface area (Å²) in [5.74, 6) is -0.390. The van der Waals surface area contributed by atoms with Crippen LogP contribution in [0.1, 0.15) is 67.2 Å². The molecule has 1 aliphatic heterocycles. The molecule has 2 amide bonds. The zero-order valence-corrected chi connectivity index (χ0v) is 31.6. The van der Waals surface area contributed by atoms with Crippen LogP contribution in [0, 0.1) is 13.8 Å². The molecular formula is C41H44N6O5S. The quantitative estimate of drug-likeness (QED) is 0.180. The monoisotopic (exact) mass is 732 g/mol. The predicted octanol–water partition coefficient (Wildman–Crippen LogP) is 6.91. The Morgan fingerprint density at radius 1 is 0.925 bits per heavy atom. The number of ether oxygens (including phenoxy) is 1. The maximum absolute atomic E-state index is 14.5. The molecule has 0 bridgehead atoms. The van der Waals surface area contributed by atoms with E-state index >= 15 is 0 Å². The first-order chi connectivity index (χ1) is 25.2. The van der Waals surface area contributed by atoms with Gasteiger partial charge in [-0.05, 0) is 75.6 Å². The number of benzene rings is 4. The Balaban J connectivity index is 1.20. The number of fused-ring (bicyclic) bond motifs is 3. The topological polar surface area (TPSA) is 128 Å². The van der Waals surface area contributed by atoms with Crippen LogP contribution in [0.5, 0.6) is 0 Å². The zero-order valence-electron chi connectivity index (χ0n) is 30.8. The van der Waals surface area contributed by atoms with Gasteiger partial charge >= 0.3 is 6.09 Å². The second-order valence-electron chi connectivity index (χ2n) is 15.0. The number of aryl methyl sites for hydroxylation is 2. The summed E-state index contributed by atoms with van der Waals surface area (Å²) in [7, 11) is -3.51. The molecule has 0 saturated carbocycles. The smallest absolute Gasteiger partial charge is 0.411 e. The first kappa shape index (κ1) is 35.9. The van der Waals surface area contributed by atoms with Crippen LogP contribution >= 0.6 is 0 Å². The molecule has 2 unspecified atom stereocenters. The van der Waals surface area contributed by atoms with Crippen molar-refractivity contribution >= 4 is 43.6 Å². The van der Waals surface area contributed by atoms with Gasteiger partial charge in [-0.2, -0.15) is 0 Å². The minimum atomic E-state index is -3.51. The second-order valence-corrected chi connectivity index (χ2v) is 17.0. The summed E-state index contributed by atoms with van der Waals surface area (Å²) in [6.07, 6.45) is 2.71. The number of likely N-dealkylation sites (tertiary alicyclic amines) is 1. The number of para-hydroxylation sites is 2. The van der Waals surface area contributed by atoms with Crippen LogP contribution in [0.3, 0.4) is 0 Å². The summed E-state index contributed by atoms with van der Waals surface area (Å²) in [5.41, 5.74) is 5.57. The van der Waals surface area contributed by atoms with Crippen molar-refractivity contribution in [1.82, 2.24) is 29.8 Å². The molecule has 0 radical (unpaired) electrons. The third kappa shape index (κ3) is 7.41. The van der Waals surface area contributed by atoms with Gasteiger partial charge in [-0.3, -0.25) is 9.69 Å².